The van der Waals surface area contributed by atoms with Gasteiger partial charge >= 0.3 is 6.03 Å². The maximum Gasteiger partial charge on any atom is 0.315 e. The number of thiocarbonyl (C=S) groups is 2. The Labute approximate surface area is 578 Å². The van der Waals surface area contributed by atoms with Crippen molar-refractivity contribution in [2.45, 2.75) is 137 Å². The van der Waals surface area contributed by atoms with E-state index in [1.165, 1.54) is 16.7 Å². The lowest BCUT2D eigenvalue weighted by Gasteiger charge is -2.23. The number of benzene rings is 6. The normalized spacial score (nSPS) is 11.7. The zero-order valence-corrected chi connectivity index (χ0v) is 57.7. The maximum absolute atomic E-state index is 13.4. The summed E-state index contributed by atoms with van der Waals surface area (Å²) in [5.41, 5.74) is 34.4. The van der Waals surface area contributed by atoms with Crippen molar-refractivity contribution >= 4 is 124 Å². The van der Waals surface area contributed by atoms with Gasteiger partial charge in [0.1, 0.15) is 34.0 Å². The molecular formula is C77H89N17OS2. The van der Waals surface area contributed by atoms with Crippen molar-refractivity contribution in [2.24, 2.45) is 0 Å². The number of nitrogens with two attached hydrogens (primary N) is 3. The van der Waals surface area contributed by atoms with Gasteiger partial charge in [-0.1, -0.05) is 180 Å². The first kappa shape index (κ1) is 67.4. The molecule has 0 aliphatic carbocycles. The minimum atomic E-state index is -0.218. The smallest absolute Gasteiger partial charge is 0.315 e. The van der Waals surface area contributed by atoms with Crippen molar-refractivity contribution in [3.63, 3.8) is 0 Å². The average Bonchev–Trinajstić information content (AvgIpc) is 1.65. The van der Waals surface area contributed by atoms with Gasteiger partial charge in [0.05, 0.1) is 33.1 Å². The first-order chi connectivity index (χ1) is 47.4. The first-order valence-corrected chi connectivity index (χ1v) is 35.3. The van der Waals surface area contributed by atoms with E-state index in [1.54, 1.807) is 0 Å². The number of aryl methyl sites for hydroxylation is 4. The number of urea groups is 1. The van der Waals surface area contributed by atoms with Crippen LogP contribution in [0, 0.1) is 0 Å². The van der Waals surface area contributed by atoms with Gasteiger partial charge in [-0.25, -0.2) is 34.7 Å². The summed E-state index contributed by atoms with van der Waals surface area (Å²) < 4.78 is 6.96. The zero-order valence-electron chi connectivity index (χ0n) is 56.0. The Morgan fingerprint density at radius 3 is 1.20 bits per heavy atom. The van der Waals surface area contributed by atoms with Gasteiger partial charge in [0.25, 0.3) is 0 Å². The number of para-hydroxylation sites is 3. The summed E-state index contributed by atoms with van der Waals surface area (Å²) in [6.07, 6.45) is 12.3. The number of nitrogens with zero attached hydrogens (tertiary/aromatic N) is 10. The summed E-state index contributed by atoms with van der Waals surface area (Å²) in [7, 11) is 0. The minimum Gasteiger partial charge on any atom is -0.382 e. The van der Waals surface area contributed by atoms with Crippen LogP contribution in [0.1, 0.15) is 129 Å². The third-order valence-corrected chi connectivity index (χ3v) is 19.1. The number of hydrogen-bond donors (Lipinski definition) is 7. The number of amides is 2. The SMILES string of the molecule is CCCCc1nc2c(N)nc3ccccc3c2n1Cc1ccc(CCC(=S)CCCN(CCNC(=O)NCc2ccc(Cn3c(CCCC)nc4c(N)nc5ccccc5c43)cc2)CCNC(=S)NCc2ccc(Cn3c(CCCC)nc4c(N)nc5ccccc5c43)cc2)cc1. The second-order valence-electron chi connectivity index (χ2n) is 25.4. The minimum absolute atomic E-state index is 0.218. The van der Waals surface area contributed by atoms with Crippen molar-refractivity contribution in [2.75, 3.05) is 49.9 Å². The molecule has 500 valence electrons. The van der Waals surface area contributed by atoms with Gasteiger partial charge in [0, 0.05) is 94.3 Å². The highest BCUT2D eigenvalue weighted by Gasteiger charge is 2.22. The van der Waals surface area contributed by atoms with E-state index in [0.29, 0.717) is 74.9 Å². The van der Waals surface area contributed by atoms with Gasteiger partial charge in [0.15, 0.2) is 22.6 Å². The topological polar surface area (TPSA) is 239 Å². The second kappa shape index (κ2) is 31.9. The second-order valence-corrected chi connectivity index (χ2v) is 26.4. The summed E-state index contributed by atoms with van der Waals surface area (Å²) in [5, 5.41) is 16.8. The van der Waals surface area contributed by atoms with E-state index in [2.05, 4.69) is 173 Å². The summed E-state index contributed by atoms with van der Waals surface area (Å²) in [4.78, 5) is 45.9. The van der Waals surface area contributed by atoms with Crippen LogP contribution in [0.15, 0.2) is 146 Å². The van der Waals surface area contributed by atoms with Gasteiger partial charge < -0.3 is 52.2 Å². The van der Waals surface area contributed by atoms with E-state index in [9.17, 15) is 4.79 Å². The number of aromatic nitrogens is 9. The highest BCUT2D eigenvalue weighted by molar-refractivity contribution is 7.80. The molecule has 0 radical (unpaired) electrons. The molecule has 6 aromatic heterocycles. The molecule has 0 saturated heterocycles. The lowest BCUT2D eigenvalue weighted by molar-refractivity contribution is 0.234. The Morgan fingerprint density at radius 1 is 0.412 bits per heavy atom. The molecule has 0 saturated carbocycles. The summed E-state index contributed by atoms with van der Waals surface area (Å²) in [6, 6.07) is 50.2. The van der Waals surface area contributed by atoms with E-state index < -0.39 is 0 Å². The van der Waals surface area contributed by atoms with Gasteiger partial charge in [-0.15, -0.1) is 0 Å². The van der Waals surface area contributed by atoms with Gasteiger partial charge in [-0.3, -0.25) is 4.90 Å². The predicted octanol–water partition coefficient (Wildman–Crippen LogP) is 13.8. The largest absolute Gasteiger partial charge is 0.382 e. The van der Waals surface area contributed by atoms with Crippen LogP contribution < -0.4 is 38.5 Å². The average molecular weight is 1330 g/mol. The van der Waals surface area contributed by atoms with Gasteiger partial charge in [-0.05, 0) is 120 Å². The van der Waals surface area contributed by atoms with Crippen molar-refractivity contribution in [1.29, 1.82) is 0 Å². The van der Waals surface area contributed by atoms with Crippen LogP contribution in [0.3, 0.4) is 0 Å². The highest BCUT2D eigenvalue weighted by Crippen LogP contribution is 2.34. The van der Waals surface area contributed by atoms with Crippen LogP contribution in [-0.2, 0) is 58.4 Å². The number of rotatable bonds is 32. The molecule has 20 heteroatoms. The van der Waals surface area contributed by atoms with Crippen molar-refractivity contribution in [3.05, 3.63) is 196 Å². The third-order valence-electron chi connectivity index (χ3n) is 18.4. The van der Waals surface area contributed by atoms with Crippen LogP contribution in [-0.4, -0.2) is 97.2 Å². The lowest BCUT2D eigenvalue weighted by atomic mass is 10.0. The van der Waals surface area contributed by atoms with Crippen LogP contribution in [0.4, 0.5) is 22.2 Å². The fourth-order valence-electron chi connectivity index (χ4n) is 13.1. The summed E-state index contributed by atoms with van der Waals surface area (Å²) in [5.74, 6) is 4.45. The molecule has 6 aromatic carbocycles. The zero-order chi connectivity index (χ0) is 67.2. The Bertz CT molecular complexity index is 4260. The molecule has 12 aromatic rings. The van der Waals surface area contributed by atoms with Crippen LogP contribution >= 0.6 is 24.4 Å². The Morgan fingerprint density at radius 2 is 0.784 bits per heavy atom. The standard InChI is InChI=1S/C77H89N17OS2/c1-4-7-24-64-88-67-70(58-18-10-13-21-61(58)85-73(67)78)92(64)48-54-33-27-51(28-34-54)39-40-57(96)17-16-43-91(44-41-81-76(95)83-46-52-29-35-55(36-30-52)49-93-65(25-8-5-2)89-68-71(93)59-19-11-14-22-62(59)86-74(68)79)45-42-82-77(97)84-47-53-31-37-56(38-32-53)50-94-66(26-9-6-3)90-69-72(94)60-20-12-15-23-63(60)87-75(69)80/h10-15,18-23,27-38H,4-9,16-17,24-26,39-50H2,1-3H3,(H2,78,85)(H2,79,86)(H2,80,87)(H2,81,83,95)(H2,82,84,97). The number of carbonyl (C=O) groups is 1. The van der Waals surface area contributed by atoms with Crippen LogP contribution in [0.25, 0.3) is 65.8 Å². The number of nitrogens with one attached hydrogen (secondary N) is 4. The summed E-state index contributed by atoms with van der Waals surface area (Å²) >= 11 is 11.9. The van der Waals surface area contributed by atoms with E-state index in [4.69, 9.17) is 56.6 Å². The first-order valence-electron chi connectivity index (χ1n) is 34.5. The molecular weight excluding hydrogens is 1240 g/mol. The third kappa shape index (κ3) is 16.3. The number of hydrogen-bond acceptors (Lipinski definition) is 13. The fourth-order valence-corrected chi connectivity index (χ4v) is 13.5. The molecule has 10 N–H and O–H groups in total. The molecule has 0 aliphatic rings. The van der Waals surface area contributed by atoms with Gasteiger partial charge in [-0.2, -0.15) is 0 Å². The molecule has 97 heavy (non-hydrogen) atoms. The predicted molar refractivity (Wildman–Crippen MR) is 405 cm³/mol. The molecule has 0 fully saturated rings. The molecule has 6 heterocycles. The maximum atomic E-state index is 13.4. The number of anilines is 3. The molecule has 0 bridgehead atoms. The molecule has 18 nitrogen and oxygen atoms in total. The Kier molecular flexibility index (Phi) is 22.2. The number of pyridine rings is 3. The van der Waals surface area contributed by atoms with Crippen LogP contribution in [0.2, 0.25) is 0 Å². The van der Waals surface area contributed by atoms with Crippen LogP contribution in [0.5, 0.6) is 0 Å². The fraction of sp³-hybridized carbons (Fsp3) is 0.338. The number of imidazole rings is 3. The number of unbranched alkanes of at least 4 members (excludes halogenated alkanes) is 3. The Balaban J connectivity index is 0.642. The van der Waals surface area contributed by atoms with E-state index >= 15 is 0 Å². The van der Waals surface area contributed by atoms with E-state index in [0.717, 1.165) is 201 Å². The van der Waals surface area contributed by atoms with Crippen molar-refractivity contribution < 1.29 is 4.79 Å². The van der Waals surface area contributed by atoms with Crippen molar-refractivity contribution in [3.8, 4) is 0 Å². The number of carbonyl (C=O) groups excluding carboxylic acids is 1. The molecule has 0 aliphatic heterocycles. The highest BCUT2D eigenvalue weighted by atomic mass is 32.1. The number of fused-ring (bicyclic) bond motifs is 9. The van der Waals surface area contributed by atoms with Gasteiger partial charge in [0.2, 0.25) is 0 Å². The molecule has 12 rings (SSSR count). The van der Waals surface area contributed by atoms with E-state index in [1.807, 2.05) is 48.5 Å². The van der Waals surface area contributed by atoms with Crippen molar-refractivity contribution in [1.82, 2.24) is 69.8 Å². The van der Waals surface area contributed by atoms with E-state index in [-0.39, 0.29) is 6.03 Å². The molecule has 0 unspecified atom stereocenters. The molecule has 0 spiro atoms. The monoisotopic (exact) mass is 1330 g/mol. The molecule has 0 atom stereocenters. The quantitative estimate of drug-likeness (QED) is 0.0194. The molecule has 2 amide bonds. The lowest BCUT2D eigenvalue weighted by Crippen LogP contribution is -2.43. The Hall–Kier alpha value is -9.63. The summed E-state index contributed by atoms with van der Waals surface area (Å²) in [6.45, 7) is 12.8. The number of nitrogen functional groups attached to an aromatic ring is 3.